The van der Waals surface area contributed by atoms with Gasteiger partial charge in [-0.25, -0.2) is 0 Å². The van der Waals surface area contributed by atoms with E-state index in [9.17, 15) is 0 Å². The van der Waals surface area contributed by atoms with Crippen LogP contribution in [0.25, 0.3) is 11.3 Å². The molecule has 24 heavy (non-hydrogen) atoms. The summed E-state index contributed by atoms with van der Waals surface area (Å²) in [7, 11) is 0. The summed E-state index contributed by atoms with van der Waals surface area (Å²) in [6, 6.07) is 13.2. The summed E-state index contributed by atoms with van der Waals surface area (Å²) in [5.74, 6) is 1.94. The maximum absolute atomic E-state index is 4.69. The number of nitrogens with zero attached hydrogens (tertiary/aromatic N) is 1. The fourth-order valence-electron chi connectivity index (χ4n) is 3.95. The van der Waals surface area contributed by atoms with Crippen molar-refractivity contribution in [3.8, 4) is 11.3 Å². The van der Waals surface area contributed by atoms with Crippen LogP contribution >= 0.6 is 0 Å². The summed E-state index contributed by atoms with van der Waals surface area (Å²) in [5, 5.41) is 0. The van der Waals surface area contributed by atoms with Crippen LogP contribution in [0.2, 0.25) is 0 Å². The molecule has 128 valence electrons. The topological polar surface area (TPSA) is 12.9 Å². The van der Waals surface area contributed by atoms with Crippen molar-refractivity contribution in [2.24, 2.45) is 11.8 Å². The molecule has 0 atom stereocenters. The Kier molecular flexibility index (Phi) is 6.07. The normalized spacial score (nSPS) is 20.9. The molecule has 1 fully saturated rings. The lowest BCUT2D eigenvalue weighted by Gasteiger charge is -2.27. The second kappa shape index (κ2) is 8.46. The Morgan fingerprint density at radius 3 is 2.08 bits per heavy atom. The fraction of sp³-hybridized carbons (Fsp3) is 0.522. The molecule has 0 unspecified atom stereocenters. The second-order valence-corrected chi connectivity index (χ2v) is 7.44. The van der Waals surface area contributed by atoms with Crippen LogP contribution in [0.3, 0.4) is 0 Å². The Labute approximate surface area is 147 Å². The van der Waals surface area contributed by atoms with Crippen molar-refractivity contribution in [1.82, 2.24) is 4.98 Å². The monoisotopic (exact) mass is 321 g/mol. The predicted octanol–water partition coefficient (Wildman–Crippen LogP) is 6.46. The van der Waals surface area contributed by atoms with Crippen LogP contribution in [0.1, 0.15) is 63.5 Å². The van der Waals surface area contributed by atoms with Gasteiger partial charge in [-0.15, -0.1) is 0 Å². The second-order valence-electron chi connectivity index (χ2n) is 7.44. The number of aromatic nitrogens is 1. The quantitative estimate of drug-likeness (QED) is 0.595. The average Bonchev–Trinajstić information content (AvgIpc) is 2.67. The third-order valence-corrected chi connectivity index (χ3v) is 5.87. The highest BCUT2D eigenvalue weighted by molar-refractivity contribution is 5.59. The average molecular weight is 322 g/mol. The van der Waals surface area contributed by atoms with Gasteiger partial charge in [-0.1, -0.05) is 76.3 Å². The van der Waals surface area contributed by atoms with Crippen LogP contribution in [-0.4, -0.2) is 4.98 Å². The van der Waals surface area contributed by atoms with E-state index in [0.29, 0.717) is 0 Å². The molecule has 0 bridgehead atoms. The van der Waals surface area contributed by atoms with Crippen LogP contribution in [0.4, 0.5) is 0 Å². The van der Waals surface area contributed by atoms with E-state index >= 15 is 0 Å². The Morgan fingerprint density at radius 2 is 1.50 bits per heavy atom. The van der Waals surface area contributed by atoms with Gasteiger partial charge in [0.25, 0.3) is 0 Å². The van der Waals surface area contributed by atoms with Gasteiger partial charge in [0.1, 0.15) is 0 Å². The number of hydrogen-bond donors (Lipinski definition) is 0. The first-order valence-electron chi connectivity index (χ1n) is 9.82. The first kappa shape index (κ1) is 17.2. The predicted molar refractivity (Wildman–Crippen MR) is 103 cm³/mol. The van der Waals surface area contributed by atoms with Crippen molar-refractivity contribution in [2.75, 3.05) is 0 Å². The van der Waals surface area contributed by atoms with Crippen LogP contribution in [0.5, 0.6) is 0 Å². The van der Waals surface area contributed by atoms with Gasteiger partial charge >= 0.3 is 0 Å². The molecule has 0 N–H and O–H groups in total. The van der Waals surface area contributed by atoms with Crippen molar-refractivity contribution < 1.29 is 0 Å². The summed E-state index contributed by atoms with van der Waals surface area (Å²) >= 11 is 0. The molecule has 1 heteroatoms. The van der Waals surface area contributed by atoms with Gasteiger partial charge in [0.15, 0.2) is 0 Å². The van der Waals surface area contributed by atoms with Gasteiger partial charge in [-0.2, -0.15) is 0 Å². The zero-order valence-corrected chi connectivity index (χ0v) is 15.3. The Bertz CT molecular complexity index is 603. The molecule has 2 aromatic rings. The lowest BCUT2D eigenvalue weighted by Crippen LogP contribution is -2.14. The number of hydrogen-bond acceptors (Lipinski definition) is 1. The van der Waals surface area contributed by atoms with E-state index in [1.165, 1.54) is 61.6 Å². The van der Waals surface area contributed by atoms with Crippen LogP contribution in [-0.2, 0) is 12.8 Å². The lowest BCUT2D eigenvalue weighted by molar-refractivity contribution is 0.259. The van der Waals surface area contributed by atoms with Crippen molar-refractivity contribution >= 4 is 0 Å². The molecule has 1 aliphatic rings. The number of benzene rings is 1. The molecule has 3 rings (SSSR count). The van der Waals surface area contributed by atoms with Crippen molar-refractivity contribution in [1.29, 1.82) is 0 Å². The zero-order valence-electron chi connectivity index (χ0n) is 15.3. The minimum Gasteiger partial charge on any atom is -0.256 e. The van der Waals surface area contributed by atoms with Gasteiger partial charge in [0.05, 0.1) is 5.69 Å². The highest BCUT2D eigenvalue weighted by Gasteiger charge is 2.19. The molecular weight excluding hydrogens is 290 g/mol. The lowest BCUT2D eigenvalue weighted by atomic mass is 9.79. The minimum absolute atomic E-state index is 0.939. The van der Waals surface area contributed by atoms with E-state index in [1.54, 1.807) is 0 Å². The largest absolute Gasteiger partial charge is 0.256 e. The van der Waals surface area contributed by atoms with E-state index in [4.69, 9.17) is 4.98 Å². The molecule has 0 radical (unpaired) electrons. The molecule has 1 aromatic carbocycles. The standard InChI is InChI=1S/C23H31N/c1-3-18-5-7-20(8-6-18)9-10-21-13-16-23(24-17-21)22-14-11-19(4-2)12-15-22/h11-18,20H,3-10H2,1-2H3/t18-,20-. The van der Waals surface area contributed by atoms with E-state index in [-0.39, 0.29) is 0 Å². The van der Waals surface area contributed by atoms with Gasteiger partial charge in [0.2, 0.25) is 0 Å². The highest BCUT2D eigenvalue weighted by Crippen LogP contribution is 2.33. The van der Waals surface area contributed by atoms with Crippen molar-refractivity contribution in [3.05, 3.63) is 53.7 Å². The summed E-state index contributed by atoms with van der Waals surface area (Å²) in [5.41, 5.74) is 5.08. The van der Waals surface area contributed by atoms with E-state index in [2.05, 4.69) is 56.4 Å². The molecule has 0 saturated heterocycles. The van der Waals surface area contributed by atoms with Crippen LogP contribution in [0, 0.1) is 11.8 Å². The zero-order chi connectivity index (χ0) is 16.8. The Hall–Kier alpha value is -1.63. The molecule has 1 nitrogen and oxygen atoms in total. The molecule has 0 spiro atoms. The molecule has 1 heterocycles. The minimum atomic E-state index is 0.939. The van der Waals surface area contributed by atoms with E-state index in [1.807, 2.05) is 0 Å². The highest BCUT2D eigenvalue weighted by atomic mass is 14.7. The summed E-state index contributed by atoms with van der Waals surface area (Å²) in [6.07, 6.45) is 12.8. The van der Waals surface area contributed by atoms with Crippen molar-refractivity contribution in [2.45, 2.75) is 65.2 Å². The Morgan fingerprint density at radius 1 is 0.833 bits per heavy atom. The first-order chi connectivity index (χ1) is 11.8. The maximum atomic E-state index is 4.69. The summed E-state index contributed by atoms with van der Waals surface area (Å²) in [4.78, 5) is 4.69. The number of aryl methyl sites for hydroxylation is 2. The van der Waals surface area contributed by atoms with Gasteiger partial charge in [-0.05, 0) is 48.3 Å². The molecule has 0 amide bonds. The fourth-order valence-corrected chi connectivity index (χ4v) is 3.95. The van der Waals surface area contributed by atoms with Crippen LogP contribution < -0.4 is 0 Å². The van der Waals surface area contributed by atoms with Gasteiger partial charge < -0.3 is 0 Å². The number of rotatable bonds is 6. The van der Waals surface area contributed by atoms with Gasteiger partial charge in [0, 0.05) is 11.8 Å². The SMILES string of the molecule is CCc1ccc(-c2ccc(CC[C@H]3CC[C@H](CC)CC3)cn2)cc1. The molecule has 0 aliphatic heterocycles. The first-order valence-corrected chi connectivity index (χ1v) is 9.82. The molecule has 1 aromatic heterocycles. The Balaban J connectivity index is 1.53. The molecule has 1 aliphatic carbocycles. The summed E-state index contributed by atoms with van der Waals surface area (Å²) < 4.78 is 0. The van der Waals surface area contributed by atoms with Crippen molar-refractivity contribution in [3.63, 3.8) is 0 Å². The summed E-state index contributed by atoms with van der Waals surface area (Å²) in [6.45, 7) is 4.53. The number of pyridine rings is 1. The maximum Gasteiger partial charge on any atom is 0.0702 e. The smallest absolute Gasteiger partial charge is 0.0702 e. The third kappa shape index (κ3) is 4.47. The molecule has 1 saturated carbocycles. The van der Waals surface area contributed by atoms with Gasteiger partial charge in [-0.3, -0.25) is 4.98 Å². The third-order valence-electron chi connectivity index (χ3n) is 5.87. The molecular formula is C23H31N. The van der Waals surface area contributed by atoms with E-state index in [0.717, 1.165) is 24.0 Å². The van der Waals surface area contributed by atoms with Crippen LogP contribution in [0.15, 0.2) is 42.6 Å². The van der Waals surface area contributed by atoms with E-state index < -0.39 is 0 Å².